The van der Waals surface area contributed by atoms with Crippen LogP contribution in [0.15, 0.2) is 35.3 Å². The zero-order chi connectivity index (χ0) is 21.0. The molecule has 0 aliphatic carbocycles. The van der Waals surface area contributed by atoms with E-state index in [1.165, 1.54) is 11.3 Å². The van der Waals surface area contributed by atoms with Crippen molar-refractivity contribution in [3.05, 3.63) is 47.5 Å². The lowest BCUT2D eigenvalue weighted by atomic mass is 9.90. The molecule has 4 rings (SSSR count). The van der Waals surface area contributed by atoms with Crippen molar-refractivity contribution < 1.29 is 4.74 Å². The Bertz CT molecular complexity index is 862. The Kier molecular flexibility index (Phi) is 6.63. The first-order valence-electron chi connectivity index (χ1n) is 10.7. The van der Waals surface area contributed by atoms with E-state index in [1.54, 1.807) is 0 Å². The Morgan fingerprint density at radius 1 is 1.37 bits per heavy atom. The number of nitrogens with one attached hydrogen (secondary N) is 2. The Labute approximate surface area is 183 Å². The zero-order valence-corrected chi connectivity index (χ0v) is 18.9. The average molecular weight is 429 g/mol. The van der Waals surface area contributed by atoms with Gasteiger partial charge >= 0.3 is 0 Å². The van der Waals surface area contributed by atoms with E-state index < -0.39 is 0 Å². The van der Waals surface area contributed by atoms with Crippen molar-refractivity contribution in [3.8, 4) is 0 Å². The summed E-state index contributed by atoms with van der Waals surface area (Å²) in [4.78, 5) is 4.87. The third-order valence-electron chi connectivity index (χ3n) is 6.12. The molecular weight excluding hydrogens is 396 g/mol. The van der Waals surface area contributed by atoms with E-state index >= 15 is 0 Å². The van der Waals surface area contributed by atoms with Gasteiger partial charge in [0.05, 0.1) is 11.6 Å². The van der Waals surface area contributed by atoms with Crippen LogP contribution in [-0.2, 0) is 18.3 Å². The summed E-state index contributed by atoms with van der Waals surface area (Å²) in [6, 6.07) is 11.0. The van der Waals surface area contributed by atoms with E-state index in [4.69, 9.17) is 9.73 Å². The van der Waals surface area contributed by atoms with E-state index in [0.717, 1.165) is 49.2 Å². The van der Waals surface area contributed by atoms with E-state index in [2.05, 4.69) is 52.0 Å². The summed E-state index contributed by atoms with van der Waals surface area (Å²) in [5.41, 5.74) is 1.27. The highest BCUT2D eigenvalue weighted by Gasteiger charge is 2.40. The number of rotatable bonds is 5. The lowest BCUT2D eigenvalue weighted by Gasteiger charge is -2.38. The van der Waals surface area contributed by atoms with Gasteiger partial charge < -0.3 is 19.9 Å². The summed E-state index contributed by atoms with van der Waals surface area (Å²) >= 11 is 2.00. The van der Waals surface area contributed by atoms with Crippen LogP contribution in [0.25, 0.3) is 0 Å². The lowest BCUT2D eigenvalue weighted by molar-refractivity contribution is -0.0679. The number of benzene rings is 1. The number of thioether (sulfide) groups is 1. The number of aliphatic imine (C=N–C) groups is 1. The second-order valence-corrected chi connectivity index (χ2v) is 9.44. The molecule has 0 amide bonds. The first-order valence-corrected chi connectivity index (χ1v) is 11.9. The molecule has 1 aromatic heterocycles. The predicted molar refractivity (Wildman–Crippen MR) is 122 cm³/mol. The van der Waals surface area contributed by atoms with Crippen molar-refractivity contribution >= 4 is 17.7 Å². The normalized spacial score (nSPS) is 25.4. The molecule has 2 fully saturated rings. The van der Waals surface area contributed by atoms with Gasteiger partial charge in [0.2, 0.25) is 0 Å². The molecule has 1 spiro atoms. The van der Waals surface area contributed by atoms with Gasteiger partial charge in [-0.25, -0.2) is 4.99 Å². The molecule has 0 bridgehead atoms. The molecule has 0 saturated carbocycles. The van der Waals surface area contributed by atoms with Crippen molar-refractivity contribution in [1.29, 1.82) is 0 Å². The van der Waals surface area contributed by atoms with E-state index in [1.807, 2.05) is 36.4 Å². The van der Waals surface area contributed by atoms with E-state index in [-0.39, 0.29) is 11.6 Å². The molecule has 1 aromatic carbocycles. The average Bonchev–Trinajstić information content (AvgIpc) is 3.33. The van der Waals surface area contributed by atoms with Crippen molar-refractivity contribution in [3.63, 3.8) is 0 Å². The van der Waals surface area contributed by atoms with Gasteiger partial charge in [0.15, 0.2) is 11.8 Å². The highest BCUT2D eigenvalue weighted by atomic mass is 32.2. The largest absolute Gasteiger partial charge is 0.374 e. The van der Waals surface area contributed by atoms with Gasteiger partial charge in [-0.1, -0.05) is 30.3 Å². The van der Waals surface area contributed by atoms with Crippen molar-refractivity contribution in [2.45, 2.75) is 57.3 Å². The minimum absolute atomic E-state index is 0.0391. The Morgan fingerprint density at radius 2 is 2.20 bits per heavy atom. The summed E-state index contributed by atoms with van der Waals surface area (Å²) in [5, 5.41) is 15.7. The summed E-state index contributed by atoms with van der Waals surface area (Å²) in [6.07, 6.45) is 3.17. The maximum Gasteiger partial charge on any atom is 0.192 e. The fourth-order valence-electron chi connectivity index (χ4n) is 4.11. The summed E-state index contributed by atoms with van der Waals surface area (Å²) in [6.45, 7) is 5.41. The zero-order valence-electron chi connectivity index (χ0n) is 18.1. The quantitative estimate of drug-likeness (QED) is 0.563. The molecule has 2 aliphatic heterocycles. The molecule has 3 heterocycles. The van der Waals surface area contributed by atoms with Crippen LogP contribution in [0.5, 0.6) is 0 Å². The maximum atomic E-state index is 6.19. The van der Waals surface area contributed by atoms with Crippen LogP contribution in [0.1, 0.15) is 49.4 Å². The van der Waals surface area contributed by atoms with Gasteiger partial charge in [-0.15, -0.1) is 10.2 Å². The van der Waals surface area contributed by atoms with Crippen molar-refractivity contribution in [2.24, 2.45) is 12.0 Å². The van der Waals surface area contributed by atoms with Crippen LogP contribution in [0.3, 0.4) is 0 Å². The molecule has 7 nitrogen and oxygen atoms in total. The minimum atomic E-state index is 0.0391. The molecule has 3 atom stereocenters. The van der Waals surface area contributed by atoms with E-state index in [0.29, 0.717) is 12.6 Å². The fraction of sp³-hybridized carbons (Fsp3) is 0.591. The molecule has 0 radical (unpaired) electrons. The van der Waals surface area contributed by atoms with Crippen molar-refractivity contribution in [1.82, 2.24) is 25.4 Å². The second-order valence-electron chi connectivity index (χ2n) is 8.33. The smallest absolute Gasteiger partial charge is 0.192 e. The summed E-state index contributed by atoms with van der Waals surface area (Å²) in [7, 11) is 1.98. The Balaban J connectivity index is 1.48. The number of guanidine groups is 1. The first-order chi connectivity index (χ1) is 14.5. The highest BCUT2D eigenvalue weighted by Crippen LogP contribution is 2.38. The number of ether oxygens (including phenoxy) is 1. The molecular formula is C22H32N6OS. The molecule has 2 aromatic rings. The van der Waals surface area contributed by atoms with E-state index in [9.17, 15) is 0 Å². The van der Waals surface area contributed by atoms with Crippen LogP contribution in [0.4, 0.5) is 0 Å². The molecule has 3 unspecified atom stereocenters. The summed E-state index contributed by atoms with van der Waals surface area (Å²) < 4.78 is 8.18. The summed E-state index contributed by atoms with van der Waals surface area (Å²) in [5.74, 6) is 4.87. The molecule has 2 N–H and O–H groups in total. The Morgan fingerprint density at radius 3 is 2.90 bits per heavy atom. The number of hydrogen-bond acceptors (Lipinski definition) is 5. The number of hydrogen-bond donors (Lipinski definition) is 2. The fourth-order valence-corrected chi connectivity index (χ4v) is 5.49. The number of aryl methyl sites for hydroxylation is 1. The topological polar surface area (TPSA) is 76.4 Å². The number of nitrogens with zero attached hydrogens (tertiary/aromatic N) is 4. The van der Waals surface area contributed by atoms with Crippen molar-refractivity contribution in [2.75, 3.05) is 18.1 Å². The molecule has 2 saturated heterocycles. The maximum absolute atomic E-state index is 6.19. The van der Waals surface area contributed by atoms with Gasteiger partial charge in [0.1, 0.15) is 12.4 Å². The lowest BCUT2D eigenvalue weighted by Crippen LogP contribution is -2.51. The van der Waals surface area contributed by atoms with Gasteiger partial charge in [0, 0.05) is 25.4 Å². The van der Waals surface area contributed by atoms with Crippen LogP contribution >= 0.6 is 11.8 Å². The molecule has 8 heteroatoms. The van der Waals surface area contributed by atoms with Gasteiger partial charge in [-0.3, -0.25) is 0 Å². The standard InChI is InChI=1S/C22H32N6OS/c1-16(18-7-5-4-6-8-18)24-21(23-14-20-27-26-17(2)28(20)3)25-19-9-11-29-22(13-19)10-12-30-15-22/h4-8,16,19H,9-15H2,1-3H3,(H2,23,24,25). The molecule has 30 heavy (non-hydrogen) atoms. The van der Waals surface area contributed by atoms with Gasteiger partial charge in [-0.05, 0) is 44.4 Å². The molecule has 162 valence electrons. The molecule has 2 aliphatic rings. The number of aromatic nitrogens is 3. The first kappa shape index (κ1) is 21.2. The Hall–Kier alpha value is -2.06. The van der Waals surface area contributed by atoms with Gasteiger partial charge in [0.25, 0.3) is 0 Å². The second kappa shape index (κ2) is 9.39. The third-order valence-corrected chi connectivity index (χ3v) is 7.34. The highest BCUT2D eigenvalue weighted by molar-refractivity contribution is 7.99. The van der Waals surface area contributed by atoms with Crippen LogP contribution in [0.2, 0.25) is 0 Å². The SMILES string of the molecule is Cc1nnc(CN=C(NC2CCOC3(CCSC3)C2)NC(C)c2ccccc2)n1C. The third kappa shape index (κ3) is 4.98. The monoisotopic (exact) mass is 428 g/mol. The van der Waals surface area contributed by atoms with Crippen LogP contribution < -0.4 is 10.6 Å². The predicted octanol–water partition coefficient (Wildman–Crippen LogP) is 2.97. The van der Waals surface area contributed by atoms with Crippen LogP contribution in [0, 0.1) is 6.92 Å². The van der Waals surface area contributed by atoms with Crippen LogP contribution in [-0.4, -0.2) is 50.5 Å². The van der Waals surface area contributed by atoms with Gasteiger partial charge in [-0.2, -0.15) is 11.8 Å². The minimum Gasteiger partial charge on any atom is -0.374 e.